The molecule has 2 aromatic rings. The molecule has 1 atom stereocenters. The van der Waals surface area contributed by atoms with Gasteiger partial charge in [0.1, 0.15) is 6.10 Å². The molecular formula is C21H29N3O3S. The molecule has 28 heavy (non-hydrogen) atoms. The molecule has 2 heterocycles. The number of rotatable bonds is 4. The first-order valence-corrected chi connectivity index (χ1v) is 11.1. The van der Waals surface area contributed by atoms with Gasteiger partial charge >= 0.3 is 6.01 Å². The predicted molar refractivity (Wildman–Crippen MR) is 109 cm³/mol. The van der Waals surface area contributed by atoms with Crippen LogP contribution >= 0.6 is 0 Å². The van der Waals surface area contributed by atoms with Gasteiger partial charge in [0.2, 0.25) is 10.0 Å². The third-order valence-corrected chi connectivity index (χ3v) is 6.81. The van der Waals surface area contributed by atoms with E-state index in [1.54, 1.807) is 12.1 Å². The van der Waals surface area contributed by atoms with Crippen molar-refractivity contribution >= 4 is 10.0 Å². The molecule has 1 fully saturated rings. The molecule has 152 valence electrons. The highest BCUT2D eigenvalue weighted by molar-refractivity contribution is 7.89. The van der Waals surface area contributed by atoms with E-state index in [0.717, 1.165) is 29.8 Å². The first kappa shape index (κ1) is 20.7. The van der Waals surface area contributed by atoms with Gasteiger partial charge in [0.05, 0.1) is 11.4 Å². The second kappa shape index (κ2) is 7.79. The van der Waals surface area contributed by atoms with E-state index in [1.165, 1.54) is 4.31 Å². The molecular weight excluding hydrogens is 374 g/mol. The molecule has 1 aliphatic rings. The van der Waals surface area contributed by atoms with Gasteiger partial charge < -0.3 is 4.74 Å². The molecule has 1 saturated heterocycles. The van der Waals surface area contributed by atoms with Crippen LogP contribution in [0.3, 0.4) is 0 Å². The summed E-state index contributed by atoms with van der Waals surface area (Å²) in [6.45, 7) is 10.9. The SMILES string of the molecule is Cc1cc(C)nc(OC2CCCN(S(=O)(=O)c3ccc(C(C)(C)C)cc3)C2)n1. The van der Waals surface area contributed by atoms with Crippen molar-refractivity contribution in [3.63, 3.8) is 0 Å². The van der Waals surface area contributed by atoms with E-state index in [-0.39, 0.29) is 11.5 Å². The van der Waals surface area contributed by atoms with Gasteiger partial charge in [-0.15, -0.1) is 0 Å². The van der Waals surface area contributed by atoms with Crippen LogP contribution in [0.5, 0.6) is 6.01 Å². The van der Waals surface area contributed by atoms with Gasteiger partial charge in [-0.3, -0.25) is 0 Å². The van der Waals surface area contributed by atoms with Crippen molar-refractivity contribution in [2.24, 2.45) is 0 Å². The third-order valence-electron chi connectivity index (χ3n) is 4.93. The smallest absolute Gasteiger partial charge is 0.317 e. The topological polar surface area (TPSA) is 72.4 Å². The van der Waals surface area contributed by atoms with Gasteiger partial charge in [-0.1, -0.05) is 32.9 Å². The molecule has 1 unspecified atom stereocenters. The minimum Gasteiger partial charge on any atom is -0.459 e. The van der Waals surface area contributed by atoms with E-state index in [0.29, 0.717) is 24.0 Å². The van der Waals surface area contributed by atoms with E-state index < -0.39 is 10.0 Å². The minimum atomic E-state index is -3.55. The zero-order valence-corrected chi connectivity index (χ0v) is 18.1. The van der Waals surface area contributed by atoms with Crippen molar-refractivity contribution in [1.82, 2.24) is 14.3 Å². The molecule has 0 spiro atoms. The first-order valence-electron chi connectivity index (χ1n) is 9.65. The molecule has 6 nitrogen and oxygen atoms in total. The van der Waals surface area contributed by atoms with E-state index in [1.807, 2.05) is 32.0 Å². The summed E-state index contributed by atoms with van der Waals surface area (Å²) in [7, 11) is -3.55. The van der Waals surface area contributed by atoms with Crippen LogP contribution in [0.25, 0.3) is 0 Å². The van der Waals surface area contributed by atoms with Crippen LogP contribution in [0.4, 0.5) is 0 Å². The highest BCUT2D eigenvalue weighted by atomic mass is 32.2. The van der Waals surface area contributed by atoms with Crippen LogP contribution < -0.4 is 4.74 Å². The molecule has 0 N–H and O–H groups in total. The number of ether oxygens (including phenoxy) is 1. The maximum atomic E-state index is 13.1. The van der Waals surface area contributed by atoms with Crippen molar-refractivity contribution < 1.29 is 13.2 Å². The van der Waals surface area contributed by atoms with E-state index in [4.69, 9.17) is 4.74 Å². The van der Waals surface area contributed by atoms with Gasteiger partial charge in [0.25, 0.3) is 0 Å². The van der Waals surface area contributed by atoms with Gasteiger partial charge in [-0.2, -0.15) is 4.31 Å². The zero-order chi connectivity index (χ0) is 20.5. The van der Waals surface area contributed by atoms with Crippen molar-refractivity contribution in [1.29, 1.82) is 0 Å². The third kappa shape index (κ3) is 4.70. The van der Waals surface area contributed by atoms with Crippen LogP contribution in [0.2, 0.25) is 0 Å². The normalized spacial score (nSPS) is 18.8. The quantitative estimate of drug-likeness (QED) is 0.780. The second-order valence-corrected chi connectivity index (χ2v) is 10.4. The van der Waals surface area contributed by atoms with Crippen LogP contribution in [-0.2, 0) is 15.4 Å². The molecule has 1 aliphatic heterocycles. The monoisotopic (exact) mass is 403 g/mol. The Bertz CT molecular complexity index is 914. The standard InChI is InChI=1S/C21H29N3O3S/c1-15-13-16(2)23-20(22-15)27-18-7-6-12-24(14-18)28(25,26)19-10-8-17(9-11-19)21(3,4)5/h8-11,13,18H,6-7,12,14H2,1-5H3. The Balaban J connectivity index is 1.75. The Kier molecular flexibility index (Phi) is 5.77. The molecule has 7 heteroatoms. The van der Waals surface area contributed by atoms with Gasteiger partial charge in [0, 0.05) is 17.9 Å². The highest BCUT2D eigenvalue weighted by Gasteiger charge is 2.32. The fourth-order valence-corrected chi connectivity index (χ4v) is 4.90. The van der Waals surface area contributed by atoms with E-state index in [2.05, 4.69) is 30.7 Å². The molecule has 0 aliphatic carbocycles. The predicted octanol–water partition coefficient (Wildman–Crippen LogP) is 3.62. The molecule has 1 aromatic carbocycles. The number of sulfonamides is 1. The Labute approximate surface area is 168 Å². The average molecular weight is 404 g/mol. The fraction of sp³-hybridized carbons (Fsp3) is 0.524. The summed E-state index contributed by atoms with van der Waals surface area (Å²) in [4.78, 5) is 8.93. The lowest BCUT2D eigenvalue weighted by atomic mass is 9.87. The molecule has 1 aromatic heterocycles. The molecule has 0 bridgehead atoms. The van der Waals surface area contributed by atoms with E-state index in [9.17, 15) is 8.42 Å². The number of hydrogen-bond acceptors (Lipinski definition) is 5. The maximum Gasteiger partial charge on any atom is 0.317 e. The number of hydrogen-bond donors (Lipinski definition) is 0. The number of benzene rings is 1. The van der Waals surface area contributed by atoms with Crippen molar-refractivity contribution in [2.45, 2.75) is 63.9 Å². The van der Waals surface area contributed by atoms with Gasteiger partial charge in [-0.05, 0) is 55.9 Å². The van der Waals surface area contributed by atoms with Crippen LogP contribution in [0.15, 0.2) is 35.2 Å². The highest BCUT2D eigenvalue weighted by Crippen LogP contribution is 2.26. The van der Waals surface area contributed by atoms with E-state index >= 15 is 0 Å². The van der Waals surface area contributed by atoms with Crippen LogP contribution in [0, 0.1) is 13.8 Å². The Morgan fingerprint density at radius 3 is 2.25 bits per heavy atom. The number of nitrogens with zero attached hydrogens (tertiary/aromatic N) is 3. The Morgan fingerprint density at radius 2 is 1.68 bits per heavy atom. The fourth-order valence-electron chi connectivity index (χ4n) is 3.39. The lowest BCUT2D eigenvalue weighted by Gasteiger charge is -2.31. The number of aryl methyl sites for hydroxylation is 2. The molecule has 0 radical (unpaired) electrons. The number of aromatic nitrogens is 2. The lowest BCUT2D eigenvalue weighted by molar-refractivity contribution is 0.119. The van der Waals surface area contributed by atoms with Crippen molar-refractivity contribution in [2.75, 3.05) is 13.1 Å². The lowest BCUT2D eigenvalue weighted by Crippen LogP contribution is -2.44. The first-order chi connectivity index (χ1) is 13.1. The van der Waals surface area contributed by atoms with Crippen LogP contribution in [0.1, 0.15) is 50.6 Å². The van der Waals surface area contributed by atoms with Crippen molar-refractivity contribution in [3.8, 4) is 6.01 Å². The van der Waals surface area contributed by atoms with Crippen LogP contribution in [-0.4, -0.2) is 41.9 Å². The largest absolute Gasteiger partial charge is 0.459 e. The van der Waals surface area contributed by atoms with Gasteiger partial charge in [0.15, 0.2) is 0 Å². The Morgan fingerprint density at radius 1 is 1.07 bits per heavy atom. The molecule has 3 rings (SSSR count). The summed E-state index contributed by atoms with van der Waals surface area (Å²) >= 11 is 0. The summed E-state index contributed by atoms with van der Waals surface area (Å²) in [6, 6.07) is 9.39. The summed E-state index contributed by atoms with van der Waals surface area (Å²) in [5.41, 5.74) is 2.76. The zero-order valence-electron chi connectivity index (χ0n) is 17.3. The molecule has 0 saturated carbocycles. The summed E-state index contributed by atoms with van der Waals surface area (Å²) in [5.74, 6) is 0. The van der Waals surface area contributed by atoms with Crippen molar-refractivity contribution in [3.05, 3.63) is 47.3 Å². The Hall–Kier alpha value is -1.99. The minimum absolute atomic E-state index is 0.0156. The summed E-state index contributed by atoms with van der Waals surface area (Å²) in [6.07, 6.45) is 1.28. The van der Waals surface area contributed by atoms with Gasteiger partial charge in [-0.25, -0.2) is 18.4 Å². The average Bonchev–Trinajstić information content (AvgIpc) is 2.60. The molecule has 0 amide bonds. The maximum absolute atomic E-state index is 13.1. The number of piperidine rings is 1. The summed E-state index contributed by atoms with van der Waals surface area (Å²) < 4.78 is 33.6. The second-order valence-electron chi connectivity index (χ2n) is 8.45. The summed E-state index contributed by atoms with van der Waals surface area (Å²) in [5, 5.41) is 0.